The van der Waals surface area contributed by atoms with E-state index < -0.39 is 5.82 Å². The lowest BCUT2D eigenvalue weighted by atomic mass is 10.2. The molecule has 0 radical (unpaired) electrons. The van der Waals surface area contributed by atoms with E-state index in [0.717, 1.165) is 5.56 Å². The minimum absolute atomic E-state index is 0.191. The fourth-order valence-electron chi connectivity index (χ4n) is 2.19. The van der Waals surface area contributed by atoms with Crippen molar-refractivity contribution in [2.24, 2.45) is 0 Å². The maximum absolute atomic E-state index is 13.5. The largest absolute Gasteiger partial charge is 0.497 e. The molecule has 1 N–H and O–H groups in total. The lowest BCUT2D eigenvalue weighted by Gasteiger charge is -2.06. The van der Waals surface area contributed by atoms with E-state index in [-0.39, 0.29) is 18.3 Å². The van der Waals surface area contributed by atoms with Gasteiger partial charge in [0.15, 0.2) is 11.6 Å². The average Bonchev–Trinajstić information content (AvgIpc) is 3.10. The fraction of sp³-hybridized carbons (Fsp3) is 0.105. The van der Waals surface area contributed by atoms with Crippen molar-refractivity contribution in [3.8, 4) is 11.5 Å². The zero-order valence-electron chi connectivity index (χ0n) is 13.5. The Hall–Kier alpha value is -2.86. The highest BCUT2D eigenvalue weighted by atomic mass is 32.1. The van der Waals surface area contributed by atoms with Crippen molar-refractivity contribution in [3.05, 3.63) is 76.2 Å². The Labute approximate surface area is 148 Å². The molecule has 0 spiro atoms. The number of thiophene rings is 1. The molecule has 0 saturated carbocycles. The SMILES string of the molecule is COc1cccc(NC(=O)c2cc(COc3ccccc3F)cs2)c1. The summed E-state index contributed by atoms with van der Waals surface area (Å²) in [7, 11) is 1.57. The molecule has 25 heavy (non-hydrogen) atoms. The Kier molecular flexibility index (Phi) is 5.30. The smallest absolute Gasteiger partial charge is 0.265 e. The first kappa shape index (κ1) is 17.0. The predicted octanol–water partition coefficient (Wildman–Crippen LogP) is 4.73. The molecule has 1 heterocycles. The molecule has 6 heteroatoms. The van der Waals surface area contributed by atoms with E-state index in [1.807, 2.05) is 5.38 Å². The van der Waals surface area contributed by atoms with E-state index in [1.54, 1.807) is 55.6 Å². The fourth-order valence-corrected chi connectivity index (χ4v) is 2.98. The summed E-state index contributed by atoms with van der Waals surface area (Å²) < 4.78 is 24.1. The van der Waals surface area contributed by atoms with Crippen LogP contribution in [0.15, 0.2) is 60.0 Å². The summed E-state index contributed by atoms with van der Waals surface area (Å²) in [6, 6.07) is 15.1. The van der Waals surface area contributed by atoms with Crippen LogP contribution in [0.5, 0.6) is 11.5 Å². The number of carbonyl (C=O) groups excluding carboxylic acids is 1. The minimum Gasteiger partial charge on any atom is -0.497 e. The Morgan fingerprint density at radius 2 is 2.00 bits per heavy atom. The van der Waals surface area contributed by atoms with Gasteiger partial charge < -0.3 is 14.8 Å². The molecule has 2 aromatic carbocycles. The average molecular weight is 357 g/mol. The molecular weight excluding hydrogens is 341 g/mol. The summed E-state index contributed by atoms with van der Waals surface area (Å²) in [6.45, 7) is 0.198. The van der Waals surface area contributed by atoms with Gasteiger partial charge in [0.25, 0.3) is 5.91 Å². The molecule has 0 aliphatic carbocycles. The Morgan fingerprint density at radius 1 is 1.16 bits per heavy atom. The quantitative estimate of drug-likeness (QED) is 0.694. The monoisotopic (exact) mass is 357 g/mol. The Balaban J connectivity index is 1.62. The van der Waals surface area contributed by atoms with Gasteiger partial charge in [-0.05, 0) is 35.7 Å². The number of anilines is 1. The highest BCUT2D eigenvalue weighted by molar-refractivity contribution is 7.12. The van der Waals surface area contributed by atoms with Crippen LogP contribution in [0.4, 0.5) is 10.1 Å². The maximum atomic E-state index is 13.5. The van der Waals surface area contributed by atoms with Crippen LogP contribution in [-0.2, 0) is 6.61 Å². The third-order valence-corrected chi connectivity index (χ3v) is 4.41. The van der Waals surface area contributed by atoms with E-state index in [9.17, 15) is 9.18 Å². The molecule has 128 valence electrons. The first-order chi connectivity index (χ1) is 12.2. The molecule has 0 saturated heterocycles. The van der Waals surface area contributed by atoms with Gasteiger partial charge >= 0.3 is 0 Å². The van der Waals surface area contributed by atoms with Gasteiger partial charge in [-0.15, -0.1) is 11.3 Å². The zero-order valence-corrected chi connectivity index (χ0v) is 14.3. The second-order valence-electron chi connectivity index (χ2n) is 5.22. The molecule has 0 aliphatic heterocycles. The molecule has 3 rings (SSSR count). The third kappa shape index (κ3) is 4.36. The van der Waals surface area contributed by atoms with Crippen LogP contribution in [0.3, 0.4) is 0 Å². The van der Waals surface area contributed by atoms with E-state index in [1.165, 1.54) is 17.4 Å². The highest BCUT2D eigenvalue weighted by Gasteiger charge is 2.11. The van der Waals surface area contributed by atoms with E-state index in [4.69, 9.17) is 9.47 Å². The number of carbonyl (C=O) groups is 1. The normalized spacial score (nSPS) is 10.3. The maximum Gasteiger partial charge on any atom is 0.265 e. The van der Waals surface area contributed by atoms with Gasteiger partial charge in [0.05, 0.1) is 12.0 Å². The number of benzene rings is 2. The van der Waals surface area contributed by atoms with Crippen LogP contribution in [0.25, 0.3) is 0 Å². The third-order valence-electron chi connectivity index (χ3n) is 3.44. The van der Waals surface area contributed by atoms with Crippen molar-refractivity contribution in [1.82, 2.24) is 0 Å². The molecule has 0 fully saturated rings. The molecular formula is C19H16FNO3S. The Bertz CT molecular complexity index is 878. The van der Waals surface area contributed by atoms with Gasteiger partial charge in [0.1, 0.15) is 12.4 Å². The molecule has 0 bridgehead atoms. The minimum atomic E-state index is -0.409. The van der Waals surface area contributed by atoms with Crippen LogP contribution in [-0.4, -0.2) is 13.0 Å². The van der Waals surface area contributed by atoms with Crippen molar-refractivity contribution >= 4 is 22.9 Å². The van der Waals surface area contributed by atoms with Crippen LogP contribution >= 0.6 is 11.3 Å². The van der Waals surface area contributed by atoms with Gasteiger partial charge in [0.2, 0.25) is 0 Å². The number of para-hydroxylation sites is 1. The standard InChI is InChI=1S/C19H16FNO3S/c1-23-15-6-4-5-14(10-15)21-19(22)18-9-13(12-25-18)11-24-17-8-3-2-7-16(17)20/h2-10,12H,11H2,1H3,(H,21,22). The number of ether oxygens (including phenoxy) is 2. The van der Waals surface area contributed by atoms with Crippen molar-refractivity contribution in [3.63, 3.8) is 0 Å². The molecule has 1 aromatic heterocycles. The topological polar surface area (TPSA) is 47.6 Å². The first-order valence-corrected chi connectivity index (χ1v) is 8.44. The number of rotatable bonds is 6. The first-order valence-electron chi connectivity index (χ1n) is 7.56. The summed E-state index contributed by atoms with van der Waals surface area (Å²) in [5.74, 6) is 0.239. The second-order valence-corrected chi connectivity index (χ2v) is 6.14. The number of hydrogen-bond acceptors (Lipinski definition) is 4. The van der Waals surface area contributed by atoms with Gasteiger partial charge in [-0.3, -0.25) is 4.79 Å². The predicted molar refractivity (Wildman–Crippen MR) is 96.0 cm³/mol. The van der Waals surface area contributed by atoms with Crippen molar-refractivity contribution in [1.29, 1.82) is 0 Å². The lowest BCUT2D eigenvalue weighted by molar-refractivity contribution is 0.103. The van der Waals surface area contributed by atoms with Crippen LogP contribution in [0, 0.1) is 5.82 Å². The molecule has 1 amide bonds. The molecule has 0 aliphatic rings. The number of hydrogen-bond donors (Lipinski definition) is 1. The molecule has 4 nitrogen and oxygen atoms in total. The van der Waals surface area contributed by atoms with Crippen LogP contribution in [0.2, 0.25) is 0 Å². The van der Waals surface area contributed by atoms with Crippen LogP contribution in [0.1, 0.15) is 15.2 Å². The van der Waals surface area contributed by atoms with Gasteiger partial charge in [-0.25, -0.2) is 4.39 Å². The lowest BCUT2D eigenvalue weighted by Crippen LogP contribution is -2.10. The number of methoxy groups -OCH3 is 1. The van der Waals surface area contributed by atoms with Crippen molar-refractivity contribution in [2.75, 3.05) is 12.4 Å². The number of halogens is 1. The number of amides is 1. The highest BCUT2D eigenvalue weighted by Crippen LogP contribution is 2.22. The molecule has 3 aromatic rings. The van der Waals surface area contributed by atoms with Gasteiger partial charge in [-0.2, -0.15) is 0 Å². The van der Waals surface area contributed by atoms with Gasteiger partial charge in [-0.1, -0.05) is 18.2 Å². The summed E-state index contributed by atoms with van der Waals surface area (Å²) in [5.41, 5.74) is 1.46. The summed E-state index contributed by atoms with van der Waals surface area (Å²) in [4.78, 5) is 12.9. The second kappa shape index (κ2) is 7.81. The number of nitrogens with one attached hydrogen (secondary N) is 1. The van der Waals surface area contributed by atoms with Gasteiger partial charge in [0, 0.05) is 17.3 Å². The van der Waals surface area contributed by atoms with E-state index >= 15 is 0 Å². The molecule has 0 unspecified atom stereocenters. The van der Waals surface area contributed by atoms with Crippen molar-refractivity contribution in [2.45, 2.75) is 6.61 Å². The zero-order chi connectivity index (χ0) is 17.6. The van der Waals surface area contributed by atoms with Crippen LogP contribution < -0.4 is 14.8 Å². The van der Waals surface area contributed by atoms with E-state index in [0.29, 0.717) is 16.3 Å². The summed E-state index contributed by atoms with van der Waals surface area (Å²) in [6.07, 6.45) is 0. The summed E-state index contributed by atoms with van der Waals surface area (Å²) in [5, 5.41) is 4.64. The van der Waals surface area contributed by atoms with E-state index in [2.05, 4.69) is 5.32 Å². The molecule has 0 atom stereocenters. The van der Waals surface area contributed by atoms with Crippen molar-refractivity contribution < 1.29 is 18.7 Å². The summed E-state index contributed by atoms with van der Waals surface area (Å²) >= 11 is 1.31. The Morgan fingerprint density at radius 3 is 2.80 bits per heavy atom.